The number of aliphatic hydroxyl groups excluding tert-OH is 1. The van der Waals surface area contributed by atoms with E-state index in [1.54, 1.807) is 18.2 Å². The van der Waals surface area contributed by atoms with E-state index in [2.05, 4.69) is 0 Å². The summed E-state index contributed by atoms with van der Waals surface area (Å²) in [6, 6.07) is 24.3. The summed E-state index contributed by atoms with van der Waals surface area (Å²) in [6.45, 7) is 0.601. The maximum absolute atomic E-state index is 11.5. The van der Waals surface area contributed by atoms with E-state index >= 15 is 0 Å². The molecule has 0 saturated heterocycles. The van der Waals surface area contributed by atoms with Crippen LogP contribution in [0.15, 0.2) is 78.9 Å². The lowest BCUT2D eigenvalue weighted by molar-refractivity contribution is -0.126. The summed E-state index contributed by atoms with van der Waals surface area (Å²) in [5.41, 5.74) is 7.50. The van der Waals surface area contributed by atoms with Crippen LogP contribution < -0.4 is 15.2 Å². The molecule has 0 radical (unpaired) electrons. The predicted molar refractivity (Wildman–Crippen MR) is 102 cm³/mol. The van der Waals surface area contributed by atoms with Crippen LogP contribution in [0.3, 0.4) is 0 Å². The average Bonchev–Trinajstić information content (AvgIpc) is 2.71. The first-order valence-electron chi connectivity index (χ1n) is 8.59. The molecule has 0 aliphatic carbocycles. The molecule has 1 amide bonds. The molecular weight excluding hydrogens is 342 g/mol. The fraction of sp³-hybridized carbons (Fsp3) is 0.136. The Bertz CT molecular complexity index is 881. The van der Waals surface area contributed by atoms with Gasteiger partial charge in [0.15, 0.2) is 17.6 Å². The molecule has 3 N–H and O–H groups in total. The summed E-state index contributed by atoms with van der Waals surface area (Å²) >= 11 is 0. The standard InChI is InChI=1S/C22H21NO4/c23-22(25)20(24)18-12-7-13-19(26-14-16-8-3-1-4-9-16)21(18)27-15-17-10-5-2-6-11-17/h1-13,20,24H,14-15H2,(H2,23,25). The molecule has 0 fully saturated rings. The van der Waals surface area contributed by atoms with Crippen molar-refractivity contribution in [1.29, 1.82) is 0 Å². The van der Waals surface area contributed by atoms with Crippen molar-refractivity contribution in [2.75, 3.05) is 0 Å². The number of primary amides is 1. The number of carbonyl (C=O) groups excluding carboxylic acids is 1. The molecule has 27 heavy (non-hydrogen) atoms. The molecule has 138 valence electrons. The summed E-state index contributed by atoms with van der Waals surface area (Å²) in [4.78, 5) is 11.5. The highest BCUT2D eigenvalue weighted by Crippen LogP contribution is 2.36. The van der Waals surface area contributed by atoms with Crippen molar-refractivity contribution >= 4 is 5.91 Å². The van der Waals surface area contributed by atoms with Crippen molar-refractivity contribution < 1.29 is 19.4 Å². The van der Waals surface area contributed by atoms with Gasteiger partial charge in [-0.2, -0.15) is 0 Å². The van der Waals surface area contributed by atoms with Gasteiger partial charge in [-0.05, 0) is 17.2 Å². The number of aliphatic hydroxyl groups is 1. The van der Waals surface area contributed by atoms with Crippen molar-refractivity contribution in [2.45, 2.75) is 19.3 Å². The average molecular weight is 363 g/mol. The monoisotopic (exact) mass is 363 g/mol. The number of nitrogens with two attached hydrogens (primary N) is 1. The van der Waals surface area contributed by atoms with E-state index in [-0.39, 0.29) is 12.2 Å². The van der Waals surface area contributed by atoms with Crippen LogP contribution in [0.5, 0.6) is 11.5 Å². The van der Waals surface area contributed by atoms with Gasteiger partial charge in [0.05, 0.1) is 0 Å². The van der Waals surface area contributed by atoms with Crippen LogP contribution in [0.4, 0.5) is 0 Å². The van der Waals surface area contributed by atoms with Gasteiger partial charge in [0.1, 0.15) is 13.2 Å². The van der Waals surface area contributed by atoms with E-state index in [1.165, 1.54) is 0 Å². The predicted octanol–water partition coefficient (Wildman–Crippen LogP) is 3.36. The van der Waals surface area contributed by atoms with Crippen LogP contribution in [0.1, 0.15) is 22.8 Å². The van der Waals surface area contributed by atoms with Crippen LogP contribution >= 0.6 is 0 Å². The van der Waals surface area contributed by atoms with E-state index in [1.807, 2.05) is 60.7 Å². The molecule has 0 aliphatic heterocycles. The number of amides is 1. The lowest BCUT2D eigenvalue weighted by atomic mass is 10.1. The number of para-hydroxylation sites is 1. The third kappa shape index (κ3) is 4.86. The van der Waals surface area contributed by atoms with Gasteiger partial charge in [0.2, 0.25) is 0 Å². The zero-order chi connectivity index (χ0) is 19.1. The fourth-order valence-electron chi connectivity index (χ4n) is 2.63. The van der Waals surface area contributed by atoms with Crippen molar-refractivity contribution in [1.82, 2.24) is 0 Å². The molecule has 1 atom stereocenters. The minimum absolute atomic E-state index is 0.269. The van der Waals surface area contributed by atoms with E-state index in [0.29, 0.717) is 18.1 Å². The van der Waals surface area contributed by atoms with Crippen molar-refractivity contribution in [3.63, 3.8) is 0 Å². The lowest BCUT2D eigenvalue weighted by Gasteiger charge is -2.18. The number of rotatable bonds is 8. The lowest BCUT2D eigenvalue weighted by Crippen LogP contribution is -2.21. The fourth-order valence-corrected chi connectivity index (χ4v) is 2.63. The van der Waals surface area contributed by atoms with Crippen LogP contribution in [0.2, 0.25) is 0 Å². The second-order valence-corrected chi connectivity index (χ2v) is 6.03. The van der Waals surface area contributed by atoms with E-state index in [4.69, 9.17) is 15.2 Å². The van der Waals surface area contributed by atoms with Gasteiger partial charge < -0.3 is 20.3 Å². The molecule has 3 aromatic carbocycles. The number of hydrogen-bond acceptors (Lipinski definition) is 4. The van der Waals surface area contributed by atoms with Gasteiger partial charge in [-0.1, -0.05) is 72.8 Å². The highest BCUT2D eigenvalue weighted by Gasteiger charge is 2.22. The molecular formula is C22H21NO4. The highest BCUT2D eigenvalue weighted by molar-refractivity contribution is 5.81. The Morgan fingerprint density at radius 3 is 1.93 bits per heavy atom. The Labute approximate surface area is 158 Å². The first-order chi connectivity index (χ1) is 13.1. The quantitative estimate of drug-likeness (QED) is 0.643. The SMILES string of the molecule is NC(=O)C(O)c1cccc(OCc2ccccc2)c1OCc1ccccc1. The van der Waals surface area contributed by atoms with E-state index in [9.17, 15) is 9.90 Å². The Hall–Kier alpha value is -3.31. The molecule has 5 nitrogen and oxygen atoms in total. The molecule has 0 saturated carbocycles. The topological polar surface area (TPSA) is 81.8 Å². The molecule has 1 unspecified atom stereocenters. The van der Waals surface area contributed by atoms with Gasteiger partial charge in [-0.3, -0.25) is 4.79 Å². The number of hydrogen-bond donors (Lipinski definition) is 2. The Morgan fingerprint density at radius 2 is 1.37 bits per heavy atom. The number of benzene rings is 3. The van der Waals surface area contributed by atoms with Gasteiger partial charge >= 0.3 is 0 Å². The van der Waals surface area contributed by atoms with Crippen molar-refractivity contribution in [3.05, 3.63) is 95.6 Å². The Morgan fingerprint density at radius 1 is 0.815 bits per heavy atom. The molecule has 0 bridgehead atoms. The van der Waals surface area contributed by atoms with Crippen LogP contribution in [0.25, 0.3) is 0 Å². The molecule has 0 heterocycles. The smallest absolute Gasteiger partial charge is 0.251 e. The number of carbonyl (C=O) groups is 1. The molecule has 3 rings (SSSR count). The number of ether oxygens (including phenoxy) is 2. The highest BCUT2D eigenvalue weighted by atomic mass is 16.5. The molecule has 3 aromatic rings. The van der Waals surface area contributed by atoms with Gasteiger partial charge in [-0.15, -0.1) is 0 Å². The Balaban J connectivity index is 1.86. The summed E-state index contributed by atoms with van der Waals surface area (Å²) in [5, 5.41) is 10.2. The summed E-state index contributed by atoms with van der Waals surface area (Å²) in [6.07, 6.45) is -1.48. The normalized spacial score (nSPS) is 11.6. The van der Waals surface area contributed by atoms with Crippen molar-refractivity contribution in [3.8, 4) is 11.5 Å². The summed E-state index contributed by atoms with van der Waals surface area (Å²) in [5.74, 6) is -0.101. The molecule has 5 heteroatoms. The third-order valence-electron chi connectivity index (χ3n) is 4.04. The largest absolute Gasteiger partial charge is 0.485 e. The van der Waals surface area contributed by atoms with Gasteiger partial charge in [0, 0.05) is 5.56 Å². The zero-order valence-corrected chi connectivity index (χ0v) is 14.7. The second-order valence-electron chi connectivity index (χ2n) is 6.03. The van der Waals surface area contributed by atoms with E-state index in [0.717, 1.165) is 11.1 Å². The van der Waals surface area contributed by atoms with E-state index < -0.39 is 12.0 Å². The zero-order valence-electron chi connectivity index (χ0n) is 14.7. The molecule has 0 aliphatic rings. The first kappa shape index (κ1) is 18.5. The van der Waals surface area contributed by atoms with Crippen LogP contribution in [-0.2, 0) is 18.0 Å². The molecule has 0 spiro atoms. The second kappa shape index (κ2) is 8.87. The molecule has 0 aromatic heterocycles. The first-order valence-corrected chi connectivity index (χ1v) is 8.59. The minimum atomic E-state index is -1.48. The maximum atomic E-state index is 11.5. The summed E-state index contributed by atoms with van der Waals surface area (Å²) < 4.78 is 11.8. The van der Waals surface area contributed by atoms with Gasteiger partial charge in [0.25, 0.3) is 5.91 Å². The van der Waals surface area contributed by atoms with Crippen molar-refractivity contribution in [2.24, 2.45) is 5.73 Å². The summed E-state index contributed by atoms with van der Waals surface area (Å²) in [7, 11) is 0. The minimum Gasteiger partial charge on any atom is -0.485 e. The Kier molecular flexibility index (Phi) is 6.07. The maximum Gasteiger partial charge on any atom is 0.251 e. The van der Waals surface area contributed by atoms with Crippen LogP contribution in [-0.4, -0.2) is 11.0 Å². The third-order valence-corrected chi connectivity index (χ3v) is 4.04. The van der Waals surface area contributed by atoms with Crippen LogP contribution in [0, 0.1) is 0 Å². The van der Waals surface area contributed by atoms with Gasteiger partial charge in [-0.25, -0.2) is 0 Å².